The fourth-order valence-electron chi connectivity index (χ4n) is 2.29. The van der Waals surface area contributed by atoms with Crippen LogP contribution in [0.1, 0.15) is 25.0 Å². The second-order valence-electron chi connectivity index (χ2n) is 4.72. The summed E-state index contributed by atoms with van der Waals surface area (Å²) in [5.41, 5.74) is 2.50. The zero-order valence-corrected chi connectivity index (χ0v) is 12.3. The fraction of sp³-hybridized carbons (Fsp3) is 0.467. The maximum absolute atomic E-state index is 12.1. The van der Waals surface area contributed by atoms with Crippen molar-refractivity contribution in [2.24, 2.45) is 0 Å². The molecule has 20 heavy (non-hydrogen) atoms. The van der Waals surface area contributed by atoms with Crippen LogP contribution in [0.2, 0.25) is 0 Å². The molecule has 0 aliphatic rings. The van der Waals surface area contributed by atoms with E-state index in [-0.39, 0.29) is 12.6 Å². The minimum atomic E-state index is -1.46. The summed E-state index contributed by atoms with van der Waals surface area (Å²) in [6.07, 6.45) is 0.722. The number of aryl methyl sites for hydroxylation is 2. The van der Waals surface area contributed by atoms with Gasteiger partial charge in [-0.1, -0.05) is 25.1 Å². The number of benzene rings is 1. The molecule has 0 saturated carbocycles. The zero-order chi connectivity index (χ0) is 15.3. The molecule has 1 amide bonds. The number of rotatable bonds is 5. The van der Waals surface area contributed by atoms with E-state index in [9.17, 15) is 9.59 Å². The van der Waals surface area contributed by atoms with Crippen molar-refractivity contribution in [3.8, 4) is 0 Å². The van der Waals surface area contributed by atoms with Crippen LogP contribution < -0.4 is 4.90 Å². The van der Waals surface area contributed by atoms with E-state index in [1.54, 1.807) is 6.92 Å². The lowest BCUT2D eigenvalue weighted by molar-refractivity contribution is -0.149. The number of anilines is 1. The standard InChI is InChI=1S/C15H21NO4/c1-5-12-8-6-7-10(2)13(12)16(11(3)9-20-4)14(17)15(18)19/h6-8,11H,5,9H2,1-4H3,(H,18,19)/t11-/m0/s1. The van der Waals surface area contributed by atoms with E-state index in [4.69, 9.17) is 9.84 Å². The molecule has 0 radical (unpaired) electrons. The van der Waals surface area contributed by atoms with Crippen molar-refractivity contribution in [2.45, 2.75) is 33.2 Å². The van der Waals surface area contributed by atoms with Crippen LogP contribution in [0.5, 0.6) is 0 Å². The Kier molecular flexibility index (Phi) is 5.70. The Labute approximate surface area is 119 Å². The van der Waals surface area contributed by atoms with Crippen LogP contribution in [0.15, 0.2) is 18.2 Å². The number of methoxy groups -OCH3 is 1. The molecule has 0 aliphatic heterocycles. The number of ether oxygens (including phenoxy) is 1. The number of nitrogens with zero attached hydrogens (tertiary/aromatic N) is 1. The Morgan fingerprint density at radius 2 is 2.05 bits per heavy atom. The highest BCUT2D eigenvalue weighted by atomic mass is 16.5. The van der Waals surface area contributed by atoms with Crippen LogP contribution >= 0.6 is 0 Å². The third-order valence-electron chi connectivity index (χ3n) is 3.19. The minimum Gasteiger partial charge on any atom is -0.474 e. The van der Waals surface area contributed by atoms with Crippen molar-refractivity contribution in [1.82, 2.24) is 0 Å². The van der Waals surface area contributed by atoms with Gasteiger partial charge in [-0.05, 0) is 31.4 Å². The highest BCUT2D eigenvalue weighted by Crippen LogP contribution is 2.28. The van der Waals surface area contributed by atoms with Crippen molar-refractivity contribution < 1.29 is 19.4 Å². The van der Waals surface area contributed by atoms with Gasteiger partial charge in [0.1, 0.15) is 0 Å². The molecule has 0 heterocycles. The quantitative estimate of drug-likeness (QED) is 0.837. The van der Waals surface area contributed by atoms with E-state index >= 15 is 0 Å². The summed E-state index contributed by atoms with van der Waals surface area (Å²) in [5, 5.41) is 9.05. The Morgan fingerprint density at radius 3 is 2.55 bits per heavy atom. The second kappa shape index (κ2) is 7.05. The van der Waals surface area contributed by atoms with E-state index in [2.05, 4.69) is 0 Å². The van der Waals surface area contributed by atoms with Gasteiger partial charge in [-0.15, -0.1) is 0 Å². The number of hydrogen-bond acceptors (Lipinski definition) is 3. The third kappa shape index (κ3) is 3.36. The maximum Gasteiger partial charge on any atom is 0.394 e. The van der Waals surface area contributed by atoms with Crippen LogP contribution in [-0.4, -0.2) is 36.7 Å². The van der Waals surface area contributed by atoms with Gasteiger partial charge in [0.2, 0.25) is 0 Å². The average molecular weight is 279 g/mol. The molecular formula is C15H21NO4. The van der Waals surface area contributed by atoms with Crippen LogP contribution in [0.3, 0.4) is 0 Å². The SMILES string of the molecule is CCc1cccc(C)c1N(C(=O)C(=O)O)[C@@H](C)COC. The third-order valence-corrected chi connectivity index (χ3v) is 3.19. The predicted molar refractivity (Wildman–Crippen MR) is 77.0 cm³/mol. The molecule has 0 spiro atoms. The molecule has 1 N–H and O–H groups in total. The van der Waals surface area contributed by atoms with Crippen molar-refractivity contribution in [3.63, 3.8) is 0 Å². The molecule has 1 aromatic carbocycles. The molecule has 1 atom stereocenters. The average Bonchev–Trinajstić information content (AvgIpc) is 2.40. The summed E-state index contributed by atoms with van der Waals surface area (Å²) in [7, 11) is 1.53. The Morgan fingerprint density at radius 1 is 1.40 bits per heavy atom. The van der Waals surface area contributed by atoms with E-state index in [0.717, 1.165) is 17.5 Å². The van der Waals surface area contributed by atoms with Gasteiger partial charge in [0.25, 0.3) is 0 Å². The van der Waals surface area contributed by atoms with Crippen molar-refractivity contribution >= 4 is 17.6 Å². The lowest BCUT2D eigenvalue weighted by Gasteiger charge is -2.30. The summed E-state index contributed by atoms with van der Waals surface area (Å²) in [5.74, 6) is -2.39. The number of carbonyl (C=O) groups is 2. The largest absolute Gasteiger partial charge is 0.474 e. The Balaban J connectivity index is 3.37. The van der Waals surface area contributed by atoms with Gasteiger partial charge in [0.05, 0.1) is 18.3 Å². The first-order valence-electron chi connectivity index (χ1n) is 6.57. The maximum atomic E-state index is 12.1. The van der Waals surface area contributed by atoms with Gasteiger partial charge < -0.3 is 9.84 Å². The number of hydrogen-bond donors (Lipinski definition) is 1. The molecule has 5 heteroatoms. The lowest BCUT2D eigenvalue weighted by atomic mass is 10.0. The number of carboxylic acids is 1. The zero-order valence-electron chi connectivity index (χ0n) is 12.3. The molecule has 0 fully saturated rings. The first kappa shape index (κ1) is 16.2. The first-order chi connectivity index (χ1) is 9.43. The van der Waals surface area contributed by atoms with Crippen LogP contribution in [-0.2, 0) is 20.7 Å². The molecule has 1 aromatic rings. The molecule has 1 rings (SSSR count). The monoisotopic (exact) mass is 279 g/mol. The van der Waals surface area contributed by atoms with Crippen molar-refractivity contribution in [3.05, 3.63) is 29.3 Å². The fourth-order valence-corrected chi connectivity index (χ4v) is 2.29. The summed E-state index contributed by atoms with van der Waals surface area (Å²) < 4.78 is 5.06. The van der Waals surface area contributed by atoms with Gasteiger partial charge in [0, 0.05) is 7.11 Å². The van der Waals surface area contributed by atoms with Crippen molar-refractivity contribution in [2.75, 3.05) is 18.6 Å². The van der Waals surface area contributed by atoms with Gasteiger partial charge >= 0.3 is 11.9 Å². The Bertz CT molecular complexity index is 499. The summed E-state index contributed by atoms with van der Waals surface area (Å²) in [6.45, 7) is 5.89. The molecule has 0 bridgehead atoms. The first-order valence-corrected chi connectivity index (χ1v) is 6.57. The lowest BCUT2D eigenvalue weighted by Crippen LogP contribution is -2.45. The topological polar surface area (TPSA) is 66.8 Å². The highest BCUT2D eigenvalue weighted by molar-refractivity contribution is 6.37. The van der Waals surface area contributed by atoms with Crippen LogP contribution in [0, 0.1) is 6.92 Å². The van der Waals surface area contributed by atoms with Crippen LogP contribution in [0.25, 0.3) is 0 Å². The van der Waals surface area contributed by atoms with E-state index in [1.165, 1.54) is 12.0 Å². The van der Waals surface area contributed by atoms with Gasteiger partial charge in [-0.3, -0.25) is 9.69 Å². The number of aliphatic carboxylic acids is 1. The molecule has 0 aliphatic carbocycles. The summed E-state index contributed by atoms with van der Waals surface area (Å²) >= 11 is 0. The minimum absolute atomic E-state index is 0.274. The molecule has 0 aromatic heterocycles. The predicted octanol–water partition coefficient (Wildman–Crippen LogP) is 2.01. The summed E-state index contributed by atoms with van der Waals surface area (Å²) in [4.78, 5) is 24.5. The Hall–Kier alpha value is -1.88. The van der Waals surface area contributed by atoms with E-state index in [1.807, 2.05) is 32.0 Å². The number of amides is 1. The van der Waals surface area contributed by atoms with Crippen molar-refractivity contribution in [1.29, 1.82) is 0 Å². The summed E-state index contributed by atoms with van der Waals surface area (Å²) in [6, 6.07) is 5.33. The number of carboxylic acid groups (broad SMARTS) is 1. The van der Waals surface area contributed by atoms with E-state index < -0.39 is 11.9 Å². The second-order valence-corrected chi connectivity index (χ2v) is 4.72. The van der Waals surface area contributed by atoms with Gasteiger partial charge in [-0.2, -0.15) is 0 Å². The molecular weight excluding hydrogens is 258 g/mol. The molecule has 0 unspecified atom stereocenters. The molecule has 0 saturated heterocycles. The smallest absolute Gasteiger partial charge is 0.394 e. The molecule has 5 nitrogen and oxygen atoms in total. The van der Waals surface area contributed by atoms with Gasteiger partial charge in [-0.25, -0.2) is 4.79 Å². The number of para-hydroxylation sites is 1. The number of carbonyl (C=O) groups excluding carboxylic acids is 1. The normalized spacial score (nSPS) is 12.0. The van der Waals surface area contributed by atoms with Gasteiger partial charge in [0.15, 0.2) is 0 Å². The molecule has 110 valence electrons. The van der Waals surface area contributed by atoms with E-state index in [0.29, 0.717) is 5.69 Å². The highest BCUT2D eigenvalue weighted by Gasteiger charge is 2.29. The van der Waals surface area contributed by atoms with Crippen LogP contribution in [0.4, 0.5) is 5.69 Å².